The molecule has 0 radical (unpaired) electrons. The Morgan fingerprint density at radius 2 is 1.52 bits per heavy atom. The van der Waals surface area contributed by atoms with E-state index >= 15 is 0 Å². The topological polar surface area (TPSA) is 302 Å². The fourth-order valence-electron chi connectivity index (χ4n) is 3.14. The molecule has 0 aromatic carbocycles. The van der Waals surface area contributed by atoms with Gasteiger partial charge in [-0.2, -0.15) is 11.8 Å². The van der Waals surface area contributed by atoms with E-state index in [9.17, 15) is 39.0 Å². The molecule has 17 nitrogen and oxygen atoms in total. The molecule has 18 heteroatoms. The molecule has 0 saturated heterocycles. The normalized spacial score (nSPS) is 14.4. The van der Waals surface area contributed by atoms with Crippen molar-refractivity contribution >= 4 is 53.3 Å². The first kappa shape index (κ1) is 36.4. The maximum absolute atomic E-state index is 12.8. The molecule has 0 spiro atoms. The molecule has 5 atom stereocenters. The Labute approximate surface area is 235 Å². The Morgan fingerprint density at radius 1 is 0.900 bits per heavy atom. The van der Waals surface area contributed by atoms with Crippen LogP contribution in [0.25, 0.3) is 0 Å². The summed E-state index contributed by atoms with van der Waals surface area (Å²) < 4.78 is 0. The van der Waals surface area contributed by atoms with E-state index in [2.05, 4.69) is 26.3 Å². The van der Waals surface area contributed by atoms with E-state index in [4.69, 9.17) is 22.3 Å². The van der Waals surface area contributed by atoms with Gasteiger partial charge in [-0.05, 0) is 44.6 Å². The number of rotatable bonds is 20. The van der Waals surface area contributed by atoms with Gasteiger partial charge in [-0.25, -0.2) is 4.79 Å². The van der Waals surface area contributed by atoms with E-state index in [0.29, 0.717) is 5.75 Å². The molecule has 0 aromatic rings. The summed E-state index contributed by atoms with van der Waals surface area (Å²) in [5.74, 6) is -5.47. The smallest absolute Gasteiger partial charge is 0.328 e. The van der Waals surface area contributed by atoms with Crippen LogP contribution in [-0.4, -0.2) is 112 Å². The van der Waals surface area contributed by atoms with Crippen molar-refractivity contribution in [3.05, 3.63) is 0 Å². The summed E-state index contributed by atoms with van der Waals surface area (Å²) in [6, 6.07) is -5.10. The van der Waals surface area contributed by atoms with Crippen molar-refractivity contribution in [2.24, 2.45) is 22.2 Å². The summed E-state index contributed by atoms with van der Waals surface area (Å²) in [5.41, 5.74) is 16.3. The fourth-order valence-corrected chi connectivity index (χ4v) is 3.62. The summed E-state index contributed by atoms with van der Waals surface area (Å²) in [4.78, 5) is 76.1. The predicted molar refractivity (Wildman–Crippen MR) is 146 cm³/mol. The highest BCUT2D eigenvalue weighted by atomic mass is 32.2. The quantitative estimate of drug-likeness (QED) is 0.0367. The van der Waals surface area contributed by atoms with E-state index < -0.39 is 72.4 Å². The van der Waals surface area contributed by atoms with Crippen LogP contribution >= 0.6 is 11.8 Å². The number of carboxylic acids is 2. The molecular formula is C22H40N8O9S. The number of hydrogen-bond donors (Lipinski definition) is 10. The first-order valence-electron chi connectivity index (χ1n) is 12.3. The highest BCUT2D eigenvalue weighted by Crippen LogP contribution is 2.04. The number of aliphatic hydroxyl groups excluding tert-OH is 1. The molecule has 13 N–H and O–H groups in total. The number of hydrogen-bond acceptors (Lipinski definition) is 10. The minimum absolute atomic E-state index is 0.0519. The lowest BCUT2D eigenvalue weighted by Crippen LogP contribution is -2.56. The van der Waals surface area contributed by atoms with Gasteiger partial charge >= 0.3 is 11.9 Å². The molecule has 0 aromatic heterocycles. The van der Waals surface area contributed by atoms with Crippen LogP contribution in [0.3, 0.4) is 0 Å². The highest BCUT2D eigenvalue weighted by molar-refractivity contribution is 7.98. The maximum atomic E-state index is 12.8. The third kappa shape index (κ3) is 15.7. The first-order valence-corrected chi connectivity index (χ1v) is 13.7. The number of nitrogens with one attached hydrogen (secondary N) is 4. The van der Waals surface area contributed by atoms with Gasteiger partial charge in [0.05, 0.1) is 18.7 Å². The Kier molecular flexibility index (Phi) is 17.7. The molecular weight excluding hydrogens is 552 g/mol. The van der Waals surface area contributed by atoms with Crippen LogP contribution in [0.5, 0.6) is 0 Å². The van der Waals surface area contributed by atoms with Gasteiger partial charge in [-0.15, -0.1) is 0 Å². The van der Waals surface area contributed by atoms with Crippen molar-refractivity contribution in [2.45, 2.75) is 69.3 Å². The van der Waals surface area contributed by atoms with Crippen molar-refractivity contribution in [2.75, 3.05) is 25.1 Å². The van der Waals surface area contributed by atoms with Crippen LogP contribution in [0.4, 0.5) is 0 Å². The van der Waals surface area contributed by atoms with Gasteiger partial charge in [0, 0.05) is 13.0 Å². The number of carbonyl (C=O) groups is 6. The summed E-state index contributed by atoms with van der Waals surface area (Å²) in [5, 5.41) is 36.9. The predicted octanol–water partition coefficient (Wildman–Crippen LogP) is -3.98. The Bertz CT molecular complexity index is 915. The average molecular weight is 593 g/mol. The number of carbonyl (C=O) groups excluding carboxylic acids is 4. The fraction of sp³-hybridized carbons (Fsp3) is 0.682. The lowest BCUT2D eigenvalue weighted by Gasteiger charge is -2.23. The van der Waals surface area contributed by atoms with E-state index in [-0.39, 0.29) is 44.6 Å². The SMILES string of the molecule is CSCCC(NC(=O)CNC(=O)C(CCCN=C(N)N)NC(=O)C(N)CCC(=O)O)C(=O)NC(C(=O)O)C(C)O. The number of nitrogens with zero attached hydrogens (tertiary/aromatic N) is 1. The van der Waals surface area contributed by atoms with Crippen molar-refractivity contribution in [3.63, 3.8) is 0 Å². The largest absolute Gasteiger partial charge is 0.481 e. The second-order valence-electron chi connectivity index (χ2n) is 8.73. The number of aliphatic imine (C=N–C) groups is 1. The summed E-state index contributed by atoms with van der Waals surface area (Å²) in [7, 11) is 0. The van der Waals surface area contributed by atoms with Gasteiger partial charge in [0.1, 0.15) is 12.1 Å². The molecule has 0 rings (SSSR count). The molecule has 40 heavy (non-hydrogen) atoms. The number of aliphatic carboxylic acids is 2. The monoisotopic (exact) mass is 592 g/mol. The third-order valence-corrected chi connectivity index (χ3v) is 5.96. The number of aliphatic hydroxyl groups is 1. The Hall–Kier alpha value is -3.64. The van der Waals surface area contributed by atoms with E-state index in [1.807, 2.05) is 0 Å². The van der Waals surface area contributed by atoms with Crippen LogP contribution in [-0.2, 0) is 28.8 Å². The van der Waals surface area contributed by atoms with Gasteiger partial charge in [0.15, 0.2) is 12.0 Å². The van der Waals surface area contributed by atoms with E-state index in [1.54, 1.807) is 6.26 Å². The van der Waals surface area contributed by atoms with Crippen LogP contribution < -0.4 is 38.5 Å². The minimum atomic E-state index is -1.59. The maximum Gasteiger partial charge on any atom is 0.328 e. The van der Waals surface area contributed by atoms with Gasteiger partial charge in [0.2, 0.25) is 23.6 Å². The summed E-state index contributed by atoms with van der Waals surface area (Å²) >= 11 is 1.38. The zero-order valence-corrected chi connectivity index (χ0v) is 23.2. The molecule has 0 saturated carbocycles. The second kappa shape index (κ2) is 19.4. The van der Waals surface area contributed by atoms with Gasteiger partial charge in [-0.3, -0.25) is 29.0 Å². The standard InChI is InChI=1S/C22H40N8O9S/c1-11(31)17(21(38)39)30-20(37)14(7-9-40-2)28-15(32)10-27-19(36)13(4-3-8-26-22(24)25)29-18(35)12(23)5-6-16(33)34/h11-14,17,31H,3-10,23H2,1-2H3,(H,27,36)(H,28,32)(H,29,35)(H,30,37)(H,33,34)(H,38,39)(H4,24,25,26). The molecule has 0 bridgehead atoms. The number of carboxylic acid groups (broad SMARTS) is 2. The molecule has 0 aliphatic rings. The lowest BCUT2D eigenvalue weighted by atomic mass is 10.1. The second-order valence-corrected chi connectivity index (χ2v) is 9.72. The van der Waals surface area contributed by atoms with Gasteiger partial charge < -0.3 is 53.8 Å². The molecule has 5 unspecified atom stereocenters. The number of amides is 4. The van der Waals surface area contributed by atoms with Gasteiger partial charge in [-0.1, -0.05) is 0 Å². The number of thioether (sulfide) groups is 1. The van der Waals surface area contributed by atoms with Crippen LogP contribution in [0.1, 0.15) is 39.0 Å². The lowest BCUT2D eigenvalue weighted by molar-refractivity contribution is -0.145. The molecule has 0 aliphatic carbocycles. The molecule has 228 valence electrons. The highest BCUT2D eigenvalue weighted by Gasteiger charge is 2.30. The molecule has 0 aliphatic heterocycles. The van der Waals surface area contributed by atoms with Crippen molar-refractivity contribution < 1.29 is 44.1 Å². The zero-order chi connectivity index (χ0) is 30.8. The van der Waals surface area contributed by atoms with Crippen LogP contribution in [0, 0.1) is 0 Å². The van der Waals surface area contributed by atoms with Crippen LogP contribution in [0.15, 0.2) is 4.99 Å². The Morgan fingerprint density at radius 3 is 2.05 bits per heavy atom. The molecule has 0 fully saturated rings. The Balaban J connectivity index is 5.30. The number of nitrogens with two attached hydrogens (primary N) is 3. The first-order chi connectivity index (χ1) is 18.7. The van der Waals surface area contributed by atoms with Gasteiger partial charge in [0.25, 0.3) is 0 Å². The summed E-state index contributed by atoms with van der Waals surface area (Å²) in [6.45, 7) is 0.741. The van der Waals surface area contributed by atoms with E-state index in [0.717, 1.165) is 0 Å². The van der Waals surface area contributed by atoms with Crippen molar-refractivity contribution in [1.29, 1.82) is 0 Å². The number of guanidine groups is 1. The molecule has 4 amide bonds. The average Bonchev–Trinajstić information content (AvgIpc) is 2.87. The third-order valence-electron chi connectivity index (χ3n) is 5.32. The minimum Gasteiger partial charge on any atom is -0.481 e. The van der Waals surface area contributed by atoms with E-state index in [1.165, 1.54) is 18.7 Å². The molecule has 0 heterocycles. The summed E-state index contributed by atoms with van der Waals surface area (Å²) in [6.07, 6.45) is 0.302. The van der Waals surface area contributed by atoms with Crippen molar-refractivity contribution in [3.8, 4) is 0 Å². The van der Waals surface area contributed by atoms with Crippen molar-refractivity contribution in [1.82, 2.24) is 21.3 Å². The van der Waals surface area contributed by atoms with Crippen LogP contribution in [0.2, 0.25) is 0 Å². The zero-order valence-electron chi connectivity index (χ0n) is 22.4.